The van der Waals surface area contributed by atoms with Crippen molar-refractivity contribution < 1.29 is 14.2 Å². The van der Waals surface area contributed by atoms with Gasteiger partial charge < -0.3 is 14.2 Å². The highest BCUT2D eigenvalue weighted by Gasteiger charge is 2.25. The van der Waals surface area contributed by atoms with Gasteiger partial charge in [0.25, 0.3) is 0 Å². The molecule has 0 amide bonds. The zero-order valence-electron chi connectivity index (χ0n) is 13.6. The van der Waals surface area contributed by atoms with E-state index in [-0.39, 0.29) is 0 Å². The molecule has 0 spiro atoms. The van der Waals surface area contributed by atoms with Crippen molar-refractivity contribution >= 4 is 0 Å². The number of hydrogen-bond acceptors (Lipinski definition) is 5. The number of methoxy groups -OCH3 is 1. The second-order valence-electron chi connectivity index (χ2n) is 6.03. The SMILES string of the molecule is COCCOCCOCCN1CCN(C2CCCC2)CC1. The highest BCUT2D eigenvalue weighted by Crippen LogP contribution is 2.24. The molecule has 0 atom stereocenters. The molecule has 1 heterocycles. The summed E-state index contributed by atoms with van der Waals surface area (Å²) in [5, 5.41) is 0. The van der Waals surface area contributed by atoms with Crippen molar-refractivity contribution in [1.82, 2.24) is 9.80 Å². The number of rotatable bonds is 10. The molecule has 1 saturated carbocycles. The van der Waals surface area contributed by atoms with Crippen molar-refractivity contribution in [2.75, 3.05) is 72.9 Å². The monoisotopic (exact) mass is 300 g/mol. The topological polar surface area (TPSA) is 34.2 Å². The average Bonchev–Trinajstić information content (AvgIpc) is 3.05. The molecule has 2 rings (SSSR count). The van der Waals surface area contributed by atoms with Gasteiger partial charge in [0.2, 0.25) is 0 Å². The van der Waals surface area contributed by atoms with Crippen molar-refractivity contribution in [3.8, 4) is 0 Å². The van der Waals surface area contributed by atoms with Crippen LogP contribution in [0.3, 0.4) is 0 Å². The largest absolute Gasteiger partial charge is 0.382 e. The molecule has 0 unspecified atom stereocenters. The van der Waals surface area contributed by atoms with E-state index in [2.05, 4.69) is 9.80 Å². The van der Waals surface area contributed by atoms with E-state index >= 15 is 0 Å². The molecular weight excluding hydrogens is 268 g/mol. The lowest BCUT2D eigenvalue weighted by Crippen LogP contribution is -2.50. The maximum atomic E-state index is 5.62. The molecule has 5 heteroatoms. The fourth-order valence-electron chi connectivity index (χ4n) is 3.28. The Hall–Kier alpha value is -0.200. The summed E-state index contributed by atoms with van der Waals surface area (Å²) >= 11 is 0. The summed E-state index contributed by atoms with van der Waals surface area (Å²) in [5.74, 6) is 0. The number of ether oxygens (including phenoxy) is 3. The Balaban J connectivity index is 1.42. The summed E-state index contributed by atoms with van der Waals surface area (Å²) in [6.07, 6.45) is 5.72. The maximum absolute atomic E-state index is 5.62. The lowest BCUT2D eigenvalue weighted by molar-refractivity contribution is 0.0140. The molecule has 1 saturated heterocycles. The third-order valence-electron chi connectivity index (χ3n) is 4.60. The Kier molecular flexibility index (Phi) is 8.59. The van der Waals surface area contributed by atoms with Gasteiger partial charge in [0.1, 0.15) is 0 Å². The van der Waals surface area contributed by atoms with Crippen LogP contribution in [0.1, 0.15) is 25.7 Å². The fraction of sp³-hybridized carbons (Fsp3) is 1.00. The smallest absolute Gasteiger partial charge is 0.0701 e. The number of nitrogens with zero attached hydrogens (tertiary/aromatic N) is 2. The van der Waals surface area contributed by atoms with Crippen LogP contribution in [0.15, 0.2) is 0 Å². The second-order valence-corrected chi connectivity index (χ2v) is 6.03. The van der Waals surface area contributed by atoms with Crippen molar-refractivity contribution in [2.24, 2.45) is 0 Å². The van der Waals surface area contributed by atoms with Crippen LogP contribution in [0.2, 0.25) is 0 Å². The van der Waals surface area contributed by atoms with Gasteiger partial charge in [-0.05, 0) is 12.8 Å². The standard InChI is InChI=1S/C16H32N2O3/c1-19-12-13-21-15-14-20-11-10-17-6-8-18(9-7-17)16-4-2-3-5-16/h16H,2-15H2,1H3. The zero-order valence-corrected chi connectivity index (χ0v) is 13.6. The molecule has 0 aromatic carbocycles. The van der Waals surface area contributed by atoms with E-state index in [4.69, 9.17) is 14.2 Å². The molecule has 0 radical (unpaired) electrons. The van der Waals surface area contributed by atoms with Crippen molar-refractivity contribution in [3.63, 3.8) is 0 Å². The molecule has 21 heavy (non-hydrogen) atoms. The van der Waals surface area contributed by atoms with Crippen LogP contribution in [-0.2, 0) is 14.2 Å². The zero-order chi connectivity index (χ0) is 14.8. The molecule has 2 aliphatic rings. The summed E-state index contributed by atoms with van der Waals surface area (Å²) < 4.78 is 15.9. The summed E-state index contributed by atoms with van der Waals surface area (Å²) in [6.45, 7) is 9.41. The highest BCUT2D eigenvalue weighted by atomic mass is 16.5. The maximum Gasteiger partial charge on any atom is 0.0701 e. The van der Waals surface area contributed by atoms with Gasteiger partial charge in [-0.1, -0.05) is 12.8 Å². The molecule has 1 aliphatic heterocycles. The minimum atomic E-state index is 0.656. The number of hydrogen-bond donors (Lipinski definition) is 0. The summed E-state index contributed by atoms with van der Waals surface area (Å²) in [6, 6.07) is 0.882. The van der Waals surface area contributed by atoms with Crippen LogP contribution in [0, 0.1) is 0 Å². The second kappa shape index (κ2) is 10.5. The van der Waals surface area contributed by atoms with Gasteiger partial charge in [-0.3, -0.25) is 9.80 Å². The average molecular weight is 300 g/mol. The lowest BCUT2D eigenvalue weighted by Gasteiger charge is -2.38. The van der Waals surface area contributed by atoms with Gasteiger partial charge in [0.05, 0.1) is 33.0 Å². The van der Waals surface area contributed by atoms with Crippen LogP contribution < -0.4 is 0 Å². The van der Waals surface area contributed by atoms with Crippen molar-refractivity contribution in [3.05, 3.63) is 0 Å². The molecule has 124 valence electrons. The molecule has 0 bridgehead atoms. The lowest BCUT2D eigenvalue weighted by atomic mass is 10.2. The van der Waals surface area contributed by atoms with Gasteiger partial charge >= 0.3 is 0 Å². The predicted molar refractivity (Wildman–Crippen MR) is 83.8 cm³/mol. The van der Waals surface area contributed by atoms with Crippen molar-refractivity contribution in [2.45, 2.75) is 31.7 Å². The minimum Gasteiger partial charge on any atom is -0.382 e. The van der Waals surface area contributed by atoms with Gasteiger partial charge in [-0.2, -0.15) is 0 Å². The fourth-order valence-corrected chi connectivity index (χ4v) is 3.28. The first-order chi connectivity index (χ1) is 10.4. The molecule has 1 aliphatic carbocycles. The van der Waals surface area contributed by atoms with E-state index in [9.17, 15) is 0 Å². The van der Waals surface area contributed by atoms with E-state index in [1.165, 1.54) is 51.9 Å². The van der Waals surface area contributed by atoms with Crippen LogP contribution in [0.4, 0.5) is 0 Å². The summed E-state index contributed by atoms with van der Waals surface area (Å²) in [4.78, 5) is 5.23. The van der Waals surface area contributed by atoms with Gasteiger partial charge in [0.15, 0.2) is 0 Å². The Labute approximate surface area is 129 Å². The molecule has 0 aromatic rings. The van der Waals surface area contributed by atoms with Gasteiger partial charge in [0, 0.05) is 45.9 Å². The van der Waals surface area contributed by atoms with Gasteiger partial charge in [-0.15, -0.1) is 0 Å². The highest BCUT2D eigenvalue weighted by molar-refractivity contribution is 4.81. The normalized spacial score (nSPS) is 22.1. The Morgan fingerprint density at radius 3 is 2.10 bits per heavy atom. The summed E-state index contributed by atoms with van der Waals surface area (Å²) in [5.41, 5.74) is 0. The summed E-state index contributed by atoms with van der Waals surface area (Å²) in [7, 11) is 1.69. The van der Waals surface area contributed by atoms with Gasteiger partial charge in [-0.25, -0.2) is 0 Å². The Bertz CT molecular complexity index is 252. The third-order valence-corrected chi connectivity index (χ3v) is 4.60. The molecule has 0 aromatic heterocycles. The number of piperazine rings is 1. The van der Waals surface area contributed by atoms with E-state index in [0.717, 1.165) is 19.2 Å². The Morgan fingerprint density at radius 2 is 1.43 bits per heavy atom. The first-order valence-electron chi connectivity index (χ1n) is 8.51. The molecule has 5 nitrogen and oxygen atoms in total. The molecular formula is C16H32N2O3. The molecule has 0 N–H and O–H groups in total. The van der Waals surface area contributed by atoms with Crippen LogP contribution >= 0.6 is 0 Å². The minimum absolute atomic E-state index is 0.656. The first-order valence-corrected chi connectivity index (χ1v) is 8.51. The van der Waals surface area contributed by atoms with E-state index < -0.39 is 0 Å². The van der Waals surface area contributed by atoms with Crippen molar-refractivity contribution in [1.29, 1.82) is 0 Å². The van der Waals surface area contributed by atoms with E-state index in [1.807, 2.05) is 0 Å². The van der Waals surface area contributed by atoms with Crippen LogP contribution in [-0.4, -0.2) is 88.7 Å². The van der Waals surface area contributed by atoms with E-state index in [1.54, 1.807) is 7.11 Å². The first kappa shape index (κ1) is 17.2. The Morgan fingerprint density at radius 1 is 0.810 bits per heavy atom. The molecule has 2 fully saturated rings. The predicted octanol–water partition coefficient (Wildman–Crippen LogP) is 1.23. The van der Waals surface area contributed by atoms with Crippen LogP contribution in [0.5, 0.6) is 0 Å². The van der Waals surface area contributed by atoms with E-state index in [0.29, 0.717) is 26.4 Å². The quantitative estimate of drug-likeness (QED) is 0.567. The third kappa shape index (κ3) is 6.61. The van der Waals surface area contributed by atoms with Crippen LogP contribution in [0.25, 0.3) is 0 Å².